The van der Waals surface area contributed by atoms with Crippen molar-refractivity contribution in [2.75, 3.05) is 32.8 Å². The standard InChI is InChI=1S/C21H28ClN3O4S/c1-20(2)17-8-9-21(20,3)19(27)25(18(17)26)14-23-10-12-24(13-11-23)30(28,29)16-6-4-15(22)5-7-16/h4-7,17H,8-14H2,1-3H3/t17-,21+/m0/s1. The fraction of sp³-hybridized carbons (Fsp3) is 0.619. The fourth-order valence-electron chi connectivity index (χ4n) is 5.10. The molecular formula is C21H28ClN3O4S. The van der Waals surface area contributed by atoms with E-state index in [1.807, 2.05) is 25.7 Å². The van der Waals surface area contributed by atoms with Crippen LogP contribution in [0.15, 0.2) is 29.2 Å². The summed E-state index contributed by atoms with van der Waals surface area (Å²) in [5.41, 5.74) is -0.853. The van der Waals surface area contributed by atoms with Crippen LogP contribution in [-0.2, 0) is 19.6 Å². The maximum absolute atomic E-state index is 13.2. The van der Waals surface area contributed by atoms with Gasteiger partial charge < -0.3 is 0 Å². The van der Waals surface area contributed by atoms with Crippen LogP contribution in [0.3, 0.4) is 0 Å². The molecule has 1 saturated carbocycles. The monoisotopic (exact) mass is 453 g/mol. The van der Waals surface area contributed by atoms with Gasteiger partial charge in [-0.2, -0.15) is 4.31 Å². The molecule has 30 heavy (non-hydrogen) atoms. The lowest BCUT2D eigenvalue weighted by Gasteiger charge is -2.49. The van der Waals surface area contributed by atoms with Gasteiger partial charge in [0, 0.05) is 37.1 Å². The van der Waals surface area contributed by atoms with Crippen molar-refractivity contribution in [1.82, 2.24) is 14.1 Å². The molecule has 0 unspecified atom stereocenters. The molecule has 2 bridgehead atoms. The topological polar surface area (TPSA) is 78.0 Å². The predicted molar refractivity (Wildman–Crippen MR) is 113 cm³/mol. The number of likely N-dealkylation sites (tertiary alicyclic amines) is 1. The smallest absolute Gasteiger partial charge is 0.243 e. The SMILES string of the molecule is CC1(C)[C@H]2CC[C@]1(C)C(=O)N(CN1CCN(S(=O)(=O)c3ccc(Cl)cc3)CC1)C2=O. The van der Waals surface area contributed by atoms with Gasteiger partial charge >= 0.3 is 0 Å². The van der Waals surface area contributed by atoms with Gasteiger partial charge in [0.15, 0.2) is 0 Å². The molecule has 2 atom stereocenters. The van der Waals surface area contributed by atoms with Crippen molar-refractivity contribution in [2.45, 2.75) is 38.5 Å². The number of nitrogens with zero attached hydrogens (tertiary/aromatic N) is 3. The average molecular weight is 454 g/mol. The van der Waals surface area contributed by atoms with E-state index in [9.17, 15) is 18.0 Å². The molecular weight excluding hydrogens is 426 g/mol. The summed E-state index contributed by atoms with van der Waals surface area (Å²) in [5.74, 6) is -0.314. The van der Waals surface area contributed by atoms with Crippen LogP contribution in [0.1, 0.15) is 33.6 Å². The lowest BCUT2D eigenvalue weighted by atomic mass is 9.62. The zero-order valence-corrected chi connectivity index (χ0v) is 19.2. The Kier molecular flexibility index (Phi) is 5.28. The molecule has 4 rings (SSSR count). The van der Waals surface area contributed by atoms with Crippen molar-refractivity contribution >= 4 is 33.4 Å². The van der Waals surface area contributed by atoms with E-state index in [0.29, 0.717) is 31.2 Å². The van der Waals surface area contributed by atoms with Gasteiger partial charge in [-0.3, -0.25) is 19.4 Å². The number of benzene rings is 1. The van der Waals surface area contributed by atoms with Crippen LogP contribution >= 0.6 is 11.6 Å². The van der Waals surface area contributed by atoms with Gasteiger partial charge in [0.05, 0.1) is 17.0 Å². The molecule has 2 aliphatic heterocycles. The zero-order valence-electron chi connectivity index (χ0n) is 17.6. The highest BCUT2D eigenvalue weighted by molar-refractivity contribution is 7.89. The largest absolute Gasteiger partial charge is 0.283 e. The van der Waals surface area contributed by atoms with E-state index in [1.54, 1.807) is 12.1 Å². The van der Waals surface area contributed by atoms with Crippen LogP contribution in [0.4, 0.5) is 0 Å². The number of hydrogen-bond donors (Lipinski definition) is 0. The van der Waals surface area contributed by atoms with Crippen LogP contribution < -0.4 is 0 Å². The van der Waals surface area contributed by atoms with Crippen LogP contribution in [0.5, 0.6) is 0 Å². The number of amides is 2. The second-order valence-corrected chi connectivity index (χ2v) is 11.7. The third-order valence-electron chi connectivity index (χ3n) is 7.63. The third kappa shape index (κ3) is 3.20. The molecule has 0 spiro atoms. The molecule has 0 aromatic heterocycles. The van der Waals surface area contributed by atoms with Gasteiger partial charge in [0.25, 0.3) is 0 Å². The van der Waals surface area contributed by atoms with Crippen LogP contribution in [0.25, 0.3) is 0 Å². The zero-order chi connectivity index (χ0) is 21.9. The first-order valence-electron chi connectivity index (χ1n) is 10.3. The average Bonchev–Trinajstić information content (AvgIpc) is 2.90. The van der Waals surface area contributed by atoms with Crippen molar-refractivity contribution in [3.63, 3.8) is 0 Å². The maximum atomic E-state index is 13.2. The number of carbonyl (C=O) groups excluding carboxylic acids is 2. The van der Waals surface area contributed by atoms with Crippen LogP contribution in [-0.4, -0.2) is 67.2 Å². The number of fused-ring (bicyclic) bond motifs is 2. The highest BCUT2D eigenvalue weighted by atomic mass is 35.5. The molecule has 7 nitrogen and oxygen atoms in total. The number of imide groups is 1. The molecule has 3 fully saturated rings. The second kappa shape index (κ2) is 7.29. The Labute approximate surface area is 183 Å². The third-order valence-corrected chi connectivity index (χ3v) is 9.80. The lowest BCUT2D eigenvalue weighted by molar-refractivity contribution is -0.170. The van der Waals surface area contributed by atoms with Gasteiger partial charge in [-0.05, 0) is 42.5 Å². The van der Waals surface area contributed by atoms with Gasteiger partial charge in [-0.25, -0.2) is 8.42 Å². The first-order valence-corrected chi connectivity index (χ1v) is 12.1. The molecule has 2 amide bonds. The summed E-state index contributed by atoms with van der Waals surface area (Å²) in [6, 6.07) is 6.14. The van der Waals surface area contributed by atoms with Crippen molar-refractivity contribution in [1.29, 1.82) is 0 Å². The maximum Gasteiger partial charge on any atom is 0.243 e. The Hall–Kier alpha value is -1.48. The van der Waals surface area contributed by atoms with E-state index in [-0.39, 0.29) is 34.7 Å². The molecule has 0 radical (unpaired) electrons. The van der Waals surface area contributed by atoms with Gasteiger partial charge in [-0.15, -0.1) is 0 Å². The molecule has 164 valence electrons. The van der Waals surface area contributed by atoms with Gasteiger partial charge in [0.2, 0.25) is 21.8 Å². The molecule has 1 aromatic rings. The minimum Gasteiger partial charge on any atom is -0.283 e. The van der Waals surface area contributed by atoms with E-state index in [2.05, 4.69) is 0 Å². The molecule has 2 saturated heterocycles. The summed E-state index contributed by atoms with van der Waals surface area (Å²) in [6.45, 7) is 7.82. The number of carbonyl (C=O) groups is 2. The molecule has 1 aliphatic carbocycles. The normalized spacial score (nSPS) is 30.1. The molecule has 0 N–H and O–H groups in total. The summed E-state index contributed by atoms with van der Waals surface area (Å²) in [6.07, 6.45) is 1.48. The Morgan fingerprint density at radius 3 is 2.23 bits per heavy atom. The number of halogens is 1. The highest BCUT2D eigenvalue weighted by Gasteiger charge is 2.64. The summed E-state index contributed by atoms with van der Waals surface area (Å²) in [4.78, 5) is 29.8. The summed E-state index contributed by atoms with van der Waals surface area (Å²) >= 11 is 5.86. The first kappa shape index (κ1) is 21.7. The van der Waals surface area contributed by atoms with Crippen molar-refractivity contribution < 1.29 is 18.0 Å². The number of hydrogen-bond acceptors (Lipinski definition) is 5. The van der Waals surface area contributed by atoms with Crippen molar-refractivity contribution in [3.8, 4) is 0 Å². The Morgan fingerprint density at radius 2 is 1.63 bits per heavy atom. The minimum absolute atomic E-state index is 0.0869. The summed E-state index contributed by atoms with van der Waals surface area (Å²) in [5, 5.41) is 0.487. The van der Waals surface area contributed by atoms with Crippen LogP contribution in [0.2, 0.25) is 5.02 Å². The molecule has 9 heteroatoms. The van der Waals surface area contributed by atoms with E-state index in [1.165, 1.54) is 21.3 Å². The number of sulfonamides is 1. The van der Waals surface area contributed by atoms with E-state index in [0.717, 1.165) is 12.8 Å². The number of piperazine rings is 1. The Balaban J connectivity index is 1.43. The number of rotatable bonds is 4. The van der Waals surface area contributed by atoms with E-state index in [4.69, 9.17) is 11.6 Å². The van der Waals surface area contributed by atoms with Gasteiger partial charge in [-0.1, -0.05) is 32.4 Å². The Morgan fingerprint density at radius 1 is 1.03 bits per heavy atom. The Bertz CT molecular complexity index is 970. The minimum atomic E-state index is -3.59. The molecule has 3 aliphatic rings. The molecule has 2 heterocycles. The lowest BCUT2D eigenvalue weighted by Crippen LogP contribution is -2.62. The van der Waals surface area contributed by atoms with Crippen LogP contribution in [0, 0.1) is 16.7 Å². The first-order chi connectivity index (χ1) is 14.0. The highest BCUT2D eigenvalue weighted by Crippen LogP contribution is 2.60. The fourth-order valence-corrected chi connectivity index (χ4v) is 6.65. The van der Waals surface area contributed by atoms with Crippen molar-refractivity contribution in [2.24, 2.45) is 16.7 Å². The van der Waals surface area contributed by atoms with E-state index >= 15 is 0 Å². The van der Waals surface area contributed by atoms with Crippen molar-refractivity contribution in [3.05, 3.63) is 29.3 Å². The molecule has 1 aromatic carbocycles. The van der Waals surface area contributed by atoms with E-state index < -0.39 is 15.4 Å². The quantitative estimate of drug-likeness (QED) is 0.654. The predicted octanol–water partition coefficient (Wildman–Crippen LogP) is 2.42. The second-order valence-electron chi connectivity index (χ2n) is 9.33. The summed E-state index contributed by atoms with van der Waals surface area (Å²) < 4.78 is 27.2. The number of piperidine rings is 1. The summed E-state index contributed by atoms with van der Waals surface area (Å²) in [7, 11) is -3.59. The van der Waals surface area contributed by atoms with Gasteiger partial charge in [0.1, 0.15) is 0 Å².